The van der Waals surface area contributed by atoms with Crippen LogP contribution in [0.4, 0.5) is 14.7 Å². The second-order valence-electron chi connectivity index (χ2n) is 4.18. The molecule has 2 rings (SSSR count). The molecule has 2 N–H and O–H groups in total. The fourth-order valence-electron chi connectivity index (χ4n) is 1.70. The Morgan fingerprint density at radius 3 is 2.71 bits per heavy atom. The second kappa shape index (κ2) is 4.29. The van der Waals surface area contributed by atoms with Gasteiger partial charge in [-0.2, -0.15) is 0 Å². The number of nitrogen functional groups attached to an aromatic ring is 1. The molecule has 0 aliphatic carbocycles. The Morgan fingerprint density at radius 1 is 1.35 bits per heavy atom. The lowest BCUT2D eigenvalue weighted by atomic mass is 10.3. The molecule has 0 saturated heterocycles. The summed E-state index contributed by atoms with van der Waals surface area (Å²) in [5, 5.41) is 0. The van der Waals surface area contributed by atoms with Crippen molar-refractivity contribution in [3.63, 3.8) is 0 Å². The third kappa shape index (κ3) is 2.21. The highest BCUT2D eigenvalue weighted by atomic mass is 19.1. The largest absolute Gasteiger partial charge is 0.369 e. The molecule has 1 aromatic carbocycles. The van der Waals surface area contributed by atoms with Gasteiger partial charge in [0.1, 0.15) is 11.3 Å². The van der Waals surface area contributed by atoms with E-state index < -0.39 is 11.6 Å². The van der Waals surface area contributed by atoms with Crippen molar-refractivity contribution in [2.45, 2.75) is 6.54 Å². The van der Waals surface area contributed by atoms with Crippen LogP contribution in [0.2, 0.25) is 0 Å². The van der Waals surface area contributed by atoms with Gasteiger partial charge in [0.25, 0.3) is 0 Å². The summed E-state index contributed by atoms with van der Waals surface area (Å²) >= 11 is 0. The zero-order valence-electron chi connectivity index (χ0n) is 9.74. The molecular weight excluding hydrogens is 226 g/mol. The lowest BCUT2D eigenvalue weighted by Crippen LogP contribution is -2.19. The monoisotopic (exact) mass is 240 g/mol. The van der Waals surface area contributed by atoms with Crippen LogP contribution < -0.4 is 5.73 Å². The average molecular weight is 240 g/mol. The number of aromatic nitrogens is 2. The summed E-state index contributed by atoms with van der Waals surface area (Å²) in [5.41, 5.74) is 6.21. The molecule has 0 saturated carbocycles. The van der Waals surface area contributed by atoms with Crippen LogP contribution in [0.15, 0.2) is 12.1 Å². The van der Waals surface area contributed by atoms with Crippen LogP contribution in [0, 0.1) is 11.6 Å². The van der Waals surface area contributed by atoms with Crippen molar-refractivity contribution in [1.82, 2.24) is 14.5 Å². The van der Waals surface area contributed by atoms with Crippen LogP contribution in [-0.4, -0.2) is 35.1 Å². The SMILES string of the molecule is CN(C)CCn1c(N)nc2c(F)cc(F)cc21. The zero-order chi connectivity index (χ0) is 12.6. The third-order valence-corrected chi connectivity index (χ3v) is 2.57. The summed E-state index contributed by atoms with van der Waals surface area (Å²) in [6.07, 6.45) is 0. The molecule has 0 aliphatic rings. The van der Waals surface area contributed by atoms with Crippen molar-refractivity contribution in [3.05, 3.63) is 23.8 Å². The summed E-state index contributed by atoms with van der Waals surface area (Å²) in [5.74, 6) is -1.11. The molecule has 2 aromatic rings. The lowest BCUT2D eigenvalue weighted by Gasteiger charge is -2.11. The molecule has 1 aromatic heterocycles. The number of hydrogen-bond acceptors (Lipinski definition) is 3. The minimum atomic E-state index is -0.685. The van der Waals surface area contributed by atoms with Gasteiger partial charge in [0, 0.05) is 25.2 Å². The minimum absolute atomic E-state index is 0.114. The quantitative estimate of drug-likeness (QED) is 0.883. The van der Waals surface area contributed by atoms with E-state index in [9.17, 15) is 8.78 Å². The number of nitrogens with two attached hydrogens (primary N) is 1. The van der Waals surface area contributed by atoms with E-state index in [1.165, 1.54) is 6.07 Å². The topological polar surface area (TPSA) is 47.1 Å². The molecule has 0 radical (unpaired) electrons. The van der Waals surface area contributed by atoms with E-state index in [-0.39, 0.29) is 11.5 Å². The van der Waals surface area contributed by atoms with Crippen molar-refractivity contribution < 1.29 is 8.78 Å². The lowest BCUT2D eigenvalue weighted by molar-refractivity contribution is 0.387. The zero-order valence-corrected chi connectivity index (χ0v) is 9.74. The summed E-state index contributed by atoms with van der Waals surface area (Å²) in [4.78, 5) is 5.87. The Kier molecular flexibility index (Phi) is 2.97. The van der Waals surface area contributed by atoms with E-state index in [1.807, 2.05) is 19.0 Å². The molecule has 0 atom stereocenters. The highest BCUT2D eigenvalue weighted by Crippen LogP contribution is 2.21. The van der Waals surface area contributed by atoms with E-state index >= 15 is 0 Å². The van der Waals surface area contributed by atoms with Crippen molar-refractivity contribution in [2.24, 2.45) is 0 Å². The summed E-state index contributed by atoms with van der Waals surface area (Å²) in [6.45, 7) is 1.26. The van der Waals surface area contributed by atoms with Crippen LogP contribution in [0.1, 0.15) is 0 Å². The molecule has 1 heterocycles. The molecule has 4 nitrogen and oxygen atoms in total. The number of nitrogens with zero attached hydrogens (tertiary/aromatic N) is 3. The first kappa shape index (κ1) is 11.8. The van der Waals surface area contributed by atoms with Gasteiger partial charge < -0.3 is 15.2 Å². The first-order chi connectivity index (χ1) is 7.99. The van der Waals surface area contributed by atoms with Gasteiger partial charge >= 0.3 is 0 Å². The third-order valence-electron chi connectivity index (χ3n) is 2.57. The molecule has 0 aliphatic heterocycles. The summed E-state index contributed by atoms with van der Waals surface area (Å²) in [7, 11) is 3.83. The Labute approximate surface area is 97.6 Å². The predicted octanol–water partition coefficient (Wildman–Crippen LogP) is 1.46. The van der Waals surface area contributed by atoms with E-state index in [2.05, 4.69) is 4.98 Å². The van der Waals surface area contributed by atoms with Gasteiger partial charge in [0.2, 0.25) is 5.95 Å². The van der Waals surface area contributed by atoms with Crippen LogP contribution >= 0.6 is 0 Å². The fourth-order valence-corrected chi connectivity index (χ4v) is 1.70. The predicted molar refractivity (Wildman–Crippen MR) is 62.6 cm³/mol. The van der Waals surface area contributed by atoms with Crippen molar-refractivity contribution in [2.75, 3.05) is 26.4 Å². The van der Waals surface area contributed by atoms with Gasteiger partial charge in [-0.3, -0.25) is 0 Å². The maximum atomic E-state index is 13.5. The van der Waals surface area contributed by atoms with Crippen molar-refractivity contribution in [1.29, 1.82) is 0 Å². The van der Waals surface area contributed by atoms with Gasteiger partial charge in [-0.05, 0) is 14.1 Å². The Bertz CT molecular complexity index is 548. The molecular formula is C11H14F2N4. The Hall–Kier alpha value is -1.69. The van der Waals surface area contributed by atoms with Gasteiger partial charge in [0.05, 0.1) is 5.52 Å². The number of rotatable bonds is 3. The second-order valence-corrected chi connectivity index (χ2v) is 4.18. The van der Waals surface area contributed by atoms with Crippen molar-refractivity contribution in [3.8, 4) is 0 Å². The first-order valence-electron chi connectivity index (χ1n) is 5.24. The van der Waals surface area contributed by atoms with E-state index in [4.69, 9.17) is 5.73 Å². The molecule has 0 fully saturated rings. The van der Waals surface area contributed by atoms with Crippen LogP contribution in [0.5, 0.6) is 0 Å². The number of benzene rings is 1. The average Bonchev–Trinajstić information content (AvgIpc) is 2.52. The summed E-state index contributed by atoms with van der Waals surface area (Å²) in [6, 6.07) is 2.06. The molecule has 17 heavy (non-hydrogen) atoms. The Morgan fingerprint density at radius 2 is 2.06 bits per heavy atom. The van der Waals surface area contributed by atoms with E-state index in [0.29, 0.717) is 18.6 Å². The maximum Gasteiger partial charge on any atom is 0.201 e. The van der Waals surface area contributed by atoms with Crippen LogP contribution in [-0.2, 0) is 6.54 Å². The maximum absolute atomic E-state index is 13.5. The minimum Gasteiger partial charge on any atom is -0.369 e. The number of imidazole rings is 1. The van der Waals surface area contributed by atoms with Crippen molar-refractivity contribution >= 4 is 17.0 Å². The number of halogens is 2. The van der Waals surface area contributed by atoms with Gasteiger partial charge in [-0.25, -0.2) is 13.8 Å². The highest BCUT2D eigenvalue weighted by Gasteiger charge is 2.13. The molecule has 0 amide bonds. The van der Waals surface area contributed by atoms with Gasteiger partial charge in [-0.1, -0.05) is 0 Å². The van der Waals surface area contributed by atoms with Crippen LogP contribution in [0.25, 0.3) is 11.0 Å². The van der Waals surface area contributed by atoms with Gasteiger partial charge in [-0.15, -0.1) is 0 Å². The normalized spacial score (nSPS) is 11.6. The summed E-state index contributed by atoms with van der Waals surface area (Å²) < 4.78 is 28.2. The van der Waals surface area contributed by atoms with E-state index in [1.54, 1.807) is 4.57 Å². The fraction of sp³-hybridized carbons (Fsp3) is 0.364. The first-order valence-corrected chi connectivity index (χ1v) is 5.24. The number of fused-ring (bicyclic) bond motifs is 1. The van der Waals surface area contributed by atoms with E-state index in [0.717, 1.165) is 6.07 Å². The number of likely N-dealkylation sites (N-methyl/N-ethyl adjacent to an activating group) is 1. The number of anilines is 1. The molecule has 6 heteroatoms. The standard InChI is InChI=1S/C11H14F2N4/c1-16(2)3-4-17-9-6-7(12)5-8(13)10(9)15-11(17)14/h5-6H,3-4H2,1-2H3,(H2,14,15). The highest BCUT2D eigenvalue weighted by molar-refractivity contribution is 5.79. The number of hydrogen-bond donors (Lipinski definition) is 1. The molecule has 92 valence electrons. The Balaban J connectivity index is 2.50. The van der Waals surface area contributed by atoms with Gasteiger partial charge in [0.15, 0.2) is 5.82 Å². The molecule has 0 bridgehead atoms. The smallest absolute Gasteiger partial charge is 0.201 e. The molecule has 0 spiro atoms. The molecule has 0 unspecified atom stereocenters. The van der Waals surface area contributed by atoms with Crippen LogP contribution in [0.3, 0.4) is 0 Å².